The number of carbonyl (C=O) groups is 1. The number of hydrogen-bond donors (Lipinski definition) is 3. The van der Waals surface area contributed by atoms with Gasteiger partial charge in [0.15, 0.2) is 0 Å². The Kier molecular flexibility index (Phi) is 8.52. The maximum atomic E-state index is 13.8. The molecule has 0 saturated carbocycles. The molecule has 0 bridgehead atoms. The zero-order valence-corrected chi connectivity index (χ0v) is 21.1. The molecular weight excluding hydrogens is 500 g/mol. The van der Waals surface area contributed by atoms with Gasteiger partial charge in [0, 0.05) is 0 Å². The number of nitrogens with one attached hydrogen (secondary N) is 2. The molecule has 1 aliphatic heterocycles. The van der Waals surface area contributed by atoms with Crippen LogP contribution in [0.25, 0.3) is 0 Å². The third-order valence-corrected chi connectivity index (χ3v) is 7.11. The highest BCUT2D eigenvalue weighted by molar-refractivity contribution is 7.52. The number of nitrogens with zero attached hydrogens (tertiary/aromatic N) is 1. The van der Waals surface area contributed by atoms with Crippen LogP contribution in [0.5, 0.6) is 5.75 Å². The summed E-state index contributed by atoms with van der Waals surface area (Å²) in [4.78, 5) is 37.7. The number of hydrogen-bond acceptors (Lipinski definition) is 9. The summed E-state index contributed by atoms with van der Waals surface area (Å²) in [6, 6.07) is 7.00. The van der Waals surface area contributed by atoms with Gasteiger partial charge >= 0.3 is 19.4 Å². The summed E-state index contributed by atoms with van der Waals surface area (Å²) < 4.78 is 50.0. The maximum absolute atomic E-state index is 13.8. The van der Waals surface area contributed by atoms with Crippen LogP contribution in [0.15, 0.2) is 46.1 Å². The lowest BCUT2D eigenvalue weighted by atomic mass is 9.94. The molecule has 198 valence electrons. The maximum Gasteiger partial charge on any atom is 0.459 e. The van der Waals surface area contributed by atoms with Gasteiger partial charge in [-0.2, -0.15) is 9.48 Å². The second kappa shape index (κ2) is 11.1. The molecule has 3 rings (SSSR count). The number of aromatic amines is 1. The van der Waals surface area contributed by atoms with Gasteiger partial charge in [-0.1, -0.05) is 18.2 Å². The zero-order valence-electron chi connectivity index (χ0n) is 20.2. The number of ether oxygens (including phenoxy) is 2. The summed E-state index contributed by atoms with van der Waals surface area (Å²) in [5.41, 5.74) is -3.60. The second-order valence-corrected chi connectivity index (χ2v) is 10.5. The largest absolute Gasteiger partial charge is 0.462 e. The van der Waals surface area contributed by atoms with Gasteiger partial charge in [-0.15, -0.1) is 0 Å². The highest BCUT2D eigenvalue weighted by atomic mass is 31.2. The summed E-state index contributed by atoms with van der Waals surface area (Å²) in [6.45, 7) is 5.44. The smallest absolute Gasteiger partial charge is 0.459 e. The van der Waals surface area contributed by atoms with Crippen molar-refractivity contribution in [3.05, 3.63) is 63.2 Å². The van der Waals surface area contributed by atoms with E-state index in [0.717, 1.165) is 4.57 Å². The summed E-state index contributed by atoms with van der Waals surface area (Å²) in [5.74, 6) is -1.71. The second-order valence-electron chi connectivity index (χ2n) is 8.79. The van der Waals surface area contributed by atoms with Crippen LogP contribution in [0.1, 0.15) is 27.7 Å². The van der Waals surface area contributed by atoms with Crippen LogP contribution in [-0.2, 0) is 28.9 Å². The first-order chi connectivity index (χ1) is 16.8. The third-order valence-electron chi connectivity index (χ3n) is 5.46. The van der Waals surface area contributed by atoms with E-state index in [1.54, 1.807) is 32.0 Å². The van der Waals surface area contributed by atoms with Crippen molar-refractivity contribution >= 4 is 13.7 Å². The zero-order chi connectivity index (χ0) is 26.7. The van der Waals surface area contributed by atoms with E-state index in [-0.39, 0.29) is 12.4 Å². The van der Waals surface area contributed by atoms with Gasteiger partial charge in [0.05, 0.1) is 31.1 Å². The molecule has 0 aliphatic carbocycles. The number of para-hydroxylation sites is 1. The molecule has 1 aromatic heterocycles. The van der Waals surface area contributed by atoms with Gasteiger partial charge in [0.25, 0.3) is 5.56 Å². The SMILES string of the molecule is CC(C)OC(=O)[C@@H](C)NP(=O)(OC[C@H]1OCC(C)(n2cc(F)c(=O)[nH]c2=O)[C@@H]1O)Oc1ccccc1. The van der Waals surface area contributed by atoms with E-state index in [4.69, 9.17) is 18.5 Å². The van der Waals surface area contributed by atoms with Crippen molar-refractivity contribution in [2.45, 2.75) is 57.6 Å². The van der Waals surface area contributed by atoms with E-state index in [2.05, 4.69) is 5.09 Å². The van der Waals surface area contributed by atoms with E-state index in [1.165, 1.54) is 26.0 Å². The number of carbonyl (C=O) groups excluding carboxylic acids is 1. The molecule has 1 fully saturated rings. The molecule has 1 saturated heterocycles. The topological polar surface area (TPSA) is 158 Å². The first-order valence-electron chi connectivity index (χ1n) is 11.1. The Morgan fingerprint density at radius 1 is 1.33 bits per heavy atom. The Hall–Kier alpha value is -2.83. The van der Waals surface area contributed by atoms with E-state index < -0.39 is 67.3 Å². The molecule has 3 N–H and O–H groups in total. The minimum atomic E-state index is -4.23. The summed E-state index contributed by atoms with van der Waals surface area (Å²) in [5, 5.41) is 13.4. The predicted octanol–water partition coefficient (Wildman–Crippen LogP) is 1.28. The molecule has 36 heavy (non-hydrogen) atoms. The highest BCUT2D eigenvalue weighted by Gasteiger charge is 2.49. The van der Waals surface area contributed by atoms with E-state index in [9.17, 15) is 28.4 Å². The average molecular weight is 529 g/mol. The molecule has 1 aromatic carbocycles. The van der Waals surface area contributed by atoms with E-state index in [0.29, 0.717) is 6.20 Å². The molecule has 14 heteroatoms. The number of aliphatic hydroxyl groups excluding tert-OH is 1. The first-order valence-corrected chi connectivity index (χ1v) is 12.7. The molecule has 1 aliphatic rings. The quantitative estimate of drug-likeness (QED) is 0.302. The molecule has 0 radical (unpaired) electrons. The Morgan fingerprint density at radius 3 is 2.64 bits per heavy atom. The number of halogens is 1. The minimum Gasteiger partial charge on any atom is -0.462 e. The summed E-state index contributed by atoms with van der Waals surface area (Å²) in [7, 11) is -4.23. The van der Waals surface area contributed by atoms with Crippen molar-refractivity contribution in [3.63, 3.8) is 0 Å². The van der Waals surface area contributed by atoms with Crippen molar-refractivity contribution in [3.8, 4) is 5.75 Å². The van der Waals surface area contributed by atoms with Crippen LogP contribution in [-0.4, -0.2) is 58.2 Å². The molecule has 0 spiro atoms. The van der Waals surface area contributed by atoms with Crippen molar-refractivity contribution in [1.29, 1.82) is 0 Å². The van der Waals surface area contributed by atoms with Gasteiger partial charge in [-0.25, -0.2) is 9.36 Å². The lowest BCUT2D eigenvalue weighted by Gasteiger charge is -2.30. The Morgan fingerprint density at radius 2 is 2.00 bits per heavy atom. The summed E-state index contributed by atoms with van der Waals surface area (Å²) in [6.07, 6.45) is -2.28. The lowest BCUT2D eigenvalue weighted by molar-refractivity contribution is -0.149. The predicted molar refractivity (Wildman–Crippen MR) is 125 cm³/mol. The van der Waals surface area contributed by atoms with Gasteiger partial charge in [0.2, 0.25) is 5.82 Å². The van der Waals surface area contributed by atoms with Crippen molar-refractivity contribution in [1.82, 2.24) is 14.6 Å². The van der Waals surface area contributed by atoms with Crippen LogP contribution < -0.4 is 20.9 Å². The van der Waals surface area contributed by atoms with Crippen LogP contribution in [0.4, 0.5) is 4.39 Å². The molecular formula is C22H29FN3O9P. The van der Waals surface area contributed by atoms with Crippen LogP contribution in [0.2, 0.25) is 0 Å². The average Bonchev–Trinajstić information content (AvgIpc) is 3.09. The number of aliphatic hydroxyl groups is 1. The molecule has 12 nitrogen and oxygen atoms in total. The van der Waals surface area contributed by atoms with Crippen molar-refractivity contribution in [2.75, 3.05) is 13.2 Å². The van der Waals surface area contributed by atoms with E-state index in [1.807, 2.05) is 4.98 Å². The fraction of sp³-hybridized carbons (Fsp3) is 0.500. The number of esters is 1. The minimum absolute atomic E-state index is 0.186. The Balaban J connectivity index is 1.78. The van der Waals surface area contributed by atoms with Gasteiger partial charge in [-0.3, -0.25) is 23.7 Å². The molecule has 2 unspecified atom stereocenters. The fourth-order valence-electron chi connectivity index (χ4n) is 3.54. The van der Waals surface area contributed by atoms with Gasteiger partial charge in [0.1, 0.15) is 24.0 Å². The number of benzene rings is 1. The molecule has 0 amide bonds. The summed E-state index contributed by atoms with van der Waals surface area (Å²) >= 11 is 0. The Bertz CT molecular complexity index is 1240. The monoisotopic (exact) mass is 529 g/mol. The third kappa shape index (κ3) is 6.29. The Labute approximate surface area is 205 Å². The van der Waals surface area contributed by atoms with Crippen LogP contribution >= 0.6 is 7.75 Å². The fourth-order valence-corrected chi connectivity index (χ4v) is 5.04. The normalized spacial score (nSPS) is 24.3. The number of H-pyrrole nitrogens is 1. The number of aromatic nitrogens is 2. The van der Waals surface area contributed by atoms with Gasteiger partial charge in [-0.05, 0) is 39.8 Å². The highest BCUT2D eigenvalue weighted by Crippen LogP contribution is 2.46. The lowest BCUT2D eigenvalue weighted by Crippen LogP contribution is -2.51. The van der Waals surface area contributed by atoms with Crippen molar-refractivity contribution < 1.29 is 37.4 Å². The molecule has 5 atom stereocenters. The molecule has 2 aromatic rings. The van der Waals surface area contributed by atoms with Crippen LogP contribution in [0, 0.1) is 5.82 Å². The van der Waals surface area contributed by atoms with Crippen molar-refractivity contribution in [2.24, 2.45) is 0 Å². The number of rotatable bonds is 10. The van der Waals surface area contributed by atoms with E-state index >= 15 is 0 Å². The first kappa shape index (κ1) is 27.8. The molecule has 2 heterocycles. The standard InChI is InChI=1S/C22H29FN3O9P/c1-13(2)34-20(29)14(3)25-36(31,35-15-8-6-5-7-9-15)33-11-17-18(27)22(4,12-32-17)26-10-16(23)19(28)24-21(26)30/h5-10,13-14,17-18,27H,11-12H2,1-4H3,(H,25,31)(H,24,28,30)/t14-,17-,18-,22?,36?/m1/s1. The van der Waals surface area contributed by atoms with Gasteiger partial charge < -0.3 is 19.1 Å². The van der Waals surface area contributed by atoms with Crippen LogP contribution in [0.3, 0.4) is 0 Å².